The highest BCUT2D eigenvalue weighted by Crippen LogP contribution is 2.19. The van der Waals surface area contributed by atoms with Crippen LogP contribution in [0.4, 0.5) is 0 Å². The van der Waals surface area contributed by atoms with Crippen LogP contribution in [-0.2, 0) is 13.0 Å². The fraction of sp³-hybridized carbons (Fsp3) is 0.167. The molecule has 7 heteroatoms. The largest absolute Gasteiger partial charge is 0.363 e. The van der Waals surface area contributed by atoms with Gasteiger partial charge < -0.3 is 10.6 Å². The Kier molecular flexibility index (Phi) is 3.61. The van der Waals surface area contributed by atoms with Gasteiger partial charge in [-0.05, 0) is 18.6 Å². The Morgan fingerprint density at radius 2 is 1.96 bits per heavy atom. The fourth-order valence-electron chi connectivity index (χ4n) is 2.87. The number of aromatic nitrogens is 3. The van der Waals surface area contributed by atoms with Crippen molar-refractivity contribution in [1.29, 1.82) is 0 Å². The van der Waals surface area contributed by atoms with Gasteiger partial charge in [0.1, 0.15) is 5.69 Å². The monoisotopic (exact) mass is 332 g/mol. The molecule has 2 amide bonds. The van der Waals surface area contributed by atoms with Crippen LogP contribution in [-0.4, -0.2) is 38.2 Å². The van der Waals surface area contributed by atoms with E-state index in [2.05, 4.69) is 21.1 Å². The number of carbonyl (C=O) groups is 2. The average molecular weight is 332 g/mol. The van der Waals surface area contributed by atoms with Crippen LogP contribution in [0.2, 0.25) is 0 Å². The van der Waals surface area contributed by atoms with E-state index in [0.29, 0.717) is 24.4 Å². The molecule has 0 atom stereocenters. The standard InChI is InChI=1S/C18H14N5O2/c19-16(24)17-20-9-12-7-8-23(10-15(12)22-17)18(25)14-6-5-11-3-1-2-4-13(11)21-14/h1-6H,7-8,10H2,(H2,19,24). The molecule has 0 spiro atoms. The number of hydrogen-bond donors (Lipinski definition) is 1. The van der Waals surface area contributed by atoms with E-state index in [4.69, 9.17) is 5.73 Å². The van der Waals surface area contributed by atoms with Crippen molar-refractivity contribution in [2.45, 2.75) is 13.0 Å². The molecule has 1 aliphatic heterocycles. The molecule has 0 saturated carbocycles. The Morgan fingerprint density at radius 3 is 2.80 bits per heavy atom. The number of primary amides is 1. The first-order valence-electron chi connectivity index (χ1n) is 7.84. The second-order valence-corrected chi connectivity index (χ2v) is 5.81. The fourth-order valence-corrected chi connectivity index (χ4v) is 2.87. The minimum atomic E-state index is -0.710. The zero-order valence-electron chi connectivity index (χ0n) is 13.3. The molecule has 0 bridgehead atoms. The minimum Gasteiger partial charge on any atom is -0.363 e. The van der Waals surface area contributed by atoms with Gasteiger partial charge in [0.05, 0.1) is 24.0 Å². The zero-order chi connectivity index (χ0) is 17.4. The van der Waals surface area contributed by atoms with Crippen LogP contribution in [0.25, 0.3) is 10.9 Å². The van der Waals surface area contributed by atoms with E-state index < -0.39 is 5.91 Å². The predicted molar refractivity (Wildman–Crippen MR) is 89.6 cm³/mol. The van der Waals surface area contributed by atoms with Crippen LogP contribution in [0.15, 0.2) is 36.4 Å². The number of nitrogens with two attached hydrogens (primary N) is 1. The molecule has 0 aliphatic carbocycles. The Hall–Kier alpha value is -3.35. The van der Waals surface area contributed by atoms with E-state index in [0.717, 1.165) is 16.5 Å². The van der Waals surface area contributed by atoms with Gasteiger partial charge in [0, 0.05) is 17.5 Å². The second-order valence-electron chi connectivity index (χ2n) is 5.81. The van der Waals surface area contributed by atoms with Crippen molar-refractivity contribution < 1.29 is 9.59 Å². The van der Waals surface area contributed by atoms with E-state index in [9.17, 15) is 9.59 Å². The number of benzene rings is 1. The van der Waals surface area contributed by atoms with Crippen molar-refractivity contribution in [3.05, 3.63) is 65.4 Å². The van der Waals surface area contributed by atoms with Crippen LogP contribution in [0.1, 0.15) is 32.4 Å². The molecule has 7 nitrogen and oxygen atoms in total. The summed E-state index contributed by atoms with van der Waals surface area (Å²) in [5.41, 5.74) is 7.78. The third-order valence-electron chi connectivity index (χ3n) is 4.18. The van der Waals surface area contributed by atoms with E-state index in [1.807, 2.05) is 30.3 Å². The van der Waals surface area contributed by atoms with Crippen molar-refractivity contribution in [3.8, 4) is 0 Å². The summed E-state index contributed by atoms with van der Waals surface area (Å²) in [6.45, 7) is 0.804. The lowest BCUT2D eigenvalue weighted by Crippen LogP contribution is -2.37. The van der Waals surface area contributed by atoms with Crippen LogP contribution >= 0.6 is 0 Å². The summed E-state index contributed by atoms with van der Waals surface area (Å²) in [6, 6.07) is 11.2. The molecule has 0 fully saturated rings. The third-order valence-corrected chi connectivity index (χ3v) is 4.18. The maximum absolute atomic E-state index is 12.8. The van der Waals surface area contributed by atoms with Crippen LogP contribution in [0, 0.1) is 6.20 Å². The molecule has 123 valence electrons. The van der Waals surface area contributed by atoms with Crippen molar-refractivity contribution >= 4 is 22.7 Å². The lowest BCUT2D eigenvalue weighted by atomic mass is 10.1. The molecule has 0 saturated heterocycles. The Labute approximate surface area is 143 Å². The summed E-state index contributed by atoms with van der Waals surface area (Å²) in [6.07, 6.45) is 3.37. The van der Waals surface area contributed by atoms with Crippen molar-refractivity contribution in [2.24, 2.45) is 5.73 Å². The summed E-state index contributed by atoms with van der Waals surface area (Å²) in [7, 11) is 0. The van der Waals surface area contributed by atoms with Gasteiger partial charge in [-0.1, -0.05) is 24.3 Å². The number of fused-ring (bicyclic) bond motifs is 2. The number of amides is 2. The Balaban J connectivity index is 1.62. The van der Waals surface area contributed by atoms with Crippen molar-refractivity contribution in [3.63, 3.8) is 0 Å². The molecule has 3 heterocycles. The topological polar surface area (TPSA) is 102 Å². The van der Waals surface area contributed by atoms with Gasteiger partial charge in [-0.15, -0.1) is 0 Å². The second kappa shape index (κ2) is 5.94. The van der Waals surface area contributed by atoms with Gasteiger partial charge in [-0.2, -0.15) is 0 Å². The molecule has 1 aromatic carbocycles. The number of hydrogen-bond acceptors (Lipinski definition) is 5. The van der Waals surface area contributed by atoms with Gasteiger partial charge in [-0.25, -0.2) is 15.0 Å². The van der Waals surface area contributed by atoms with E-state index in [-0.39, 0.29) is 18.3 Å². The van der Waals surface area contributed by atoms with Gasteiger partial charge in [0.2, 0.25) is 5.82 Å². The normalized spacial score (nSPS) is 13.5. The summed E-state index contributed by atoms with van der Waals surface area (Å²) < 4.78 is 0. The lowest BCUT2D eigenvalue weighted by Gasteiger charge is -2.27. The number of pyridine rings is 1. The smallest absolute Gasteiger partial charge is 0.286 e. The quantitative estimate of drug-likeness (QED) is 0.758. The molecule has 1 aliphatic rings. The van der Waals surface area contributed by atoms with E-state index >= 15 is 0 Å². The maximum Gasteiger partial charge on any atom is 0.286 e. The molecule has 25 heavy (non-hydrogen) atoms. The highest BCUT2D eigenvalue weighted by atomic mass is 16.2. The average Bonchev–Trinajstić information content (AvgIpc) is 2.66. The number of nitrogens with zero attached hydrogens (tertiary/aromatic N) is 4. The molecule has 1 radical (unpaired) electrons. The Morgan fingerprint density at radius 1 is 1.12 bits per heavy atom. The molecular formula is C18H14N5O2. The minimum absolute atomic E-state index is 0.0862. The lowest BCUT2D eigenvalue weighted by molar-refractivity contribution is 0.0726. The molecule has 2 aromatic heterocycles. The predicted octanol–water partition coefficient (Wildman–Crippen LogP) is 1.12. The van der Waals surface area contributed by atoms with E-state index in [1.165, 1.54) is 0 Å². The number of rotatable bonds is 2. The van der Waals surface area contributed by atoms with Gasteiger partial charge >= 0.3 is 0 Å². The summed E-state index contributed by atoms with van der Waals surface area (Å²) in [5, 5.41) is 0.983. The molecule has 0 unspecified atom stereocenters. The van der Waals surface area contributed by atoms with Gasteiger partial charge in [0.25, 0.3) is 11.8 Å². The number of carbonyl (C=O) groups excluding carboxylic acids is 2. The summed E-state index contributed by atoms with van der Waals surface area (Å²) in [4.78, 5) is 38.1. The third kappa shape index (κ3) is 2.80. The number of para-hydroxylation sites is 1. The first-order valence-corrected chi connectivity index (χ1v) is 7.84. The SMILES string of the molecule is NC(=O)c1n[c]c2c(n1)CN(C(=O)c1ccc3ccccc3n1)CC2. The van der Waals surface area contributed by atoms with Crippen LogP contribution < -0.4 is 5.73 Å². The zero-order valence-corrected chi connectivity index (χ0v) is 13.3. The van der Waals surface area contributed by atoms with Gasteiger partial charge in [0.15, 0.2) is 0 Å². The van der Waals surface area contributed by atoms with Crippen LogP contribution in [0.5, 0.6) is 0 Å². The summed E-state index contributed by atoms with van der Waals surface area (Å²) in [5.74, 6) is -0.966. The maximum atomic E-state index is 12.8. The Bertz CT molecular complexity index is 1000. The highest BCUT2D eigenvalue weighted by molar-refractivity contribution is 5.95. The first kappa shape index (κ1) is 15.2. The molecule has 2 N–H and O–H groups in total. The highest BCUT2D eigenvalue weighted by Gasteiger charge is 2.25. The molecule has 4 rings (SSSR count). The van der Waals surface area contributed by atoms with Crippen molar-refractivity contribution in [1.82, 2.24) is 19.9 Å². The van der Waals surface area contributed by atoms with Gasteiger partial charge in [-0.3, -0.25) is 9.59 Å². The summed E-state index contributed by atoms with van der Waals surface area (Å²) >= 11 is 0. The molecule has 3 aromatic rings. The van der Waals surface area contributed by atoms with E-state index in [1.54, 1.807) is 11.0 Å². The van der Waals surface area contributed by atoms with Crippen molar-refractivity contribution in [2.75, 3.05) is 6.54 Å². The van der Waals surface area contributed by atoms with Crippen LogP contribution in [0.3, 0.4) is 0 Å². The molecular weight excluding hydrogens is 318 g/mol. The first-order chi connectivity index (χ1) is 12.1.